The molecule has 2 nitrogen and oxygen atoms in total. The molecule has 0 atom stereocenters. The topological polar surface area (TPSA) is 33.0 Å². The van der Waals surface area contributed by atoms with Crippen LogP contribution in [0.5, 0.6) is 5.75 Å². The Morgan fingerprint density at radius 3 is 2.60 bits per heavy atom. The molecule has 78 valence electrons. The third-order valence-electron chi connectivity index (χ3n) is 3.44. The number of nitriles is 1. The van der Waals surface area contributed by atoms with Crippen LogP contribution in [0.3, 0.4) is 0 Å². The molecule has 2 rings (SSSR count). The van der Waals surface area contributed by atoms with E-state index in [0.717, 1.165) is 36.1 Å². The van der Waals surface area contributed by atoms with Gasteiger partial charge >= 0.3 is 0 Å². The minimum absolute atomic E-state index is 0.237. The maximum atomic E-state index is 9.29. The van der Waals surface area contributed by atoms with E-state index in [4.69, 9.17) is 4.74 Å². The quantitative estimate of drug-likeness (QED) is 0.737. The summed E-state index contributed by atoms with van der Waals surface area (Å²) in [6.45, 7) is 2.03. The Bertz CT molecular complexity index is 413. The van der Waals surface area contributed by atoms with E-state index in [9.17, 15) is 5.26 Å². The summed E-state index contributed by atoms with van der Waals surface area (Å²) in [6.07, 6.45) is 3.12. The van der Waals surface area contributed by atoms with Gasteiger partial charge in [0.15, 0.2) is 0 Å². The second-order valence-corrected chi connectivity index (χ2v) is 4.18. The monoisotopic (exact) mass is 201 g/mol. The first-order valence-electron chi connectivity index (χ1n) is 5.29. The van der Waals surface area contributed by atoms with Crippen LogP contribution in [0.4, 0.5) is 0 Å². The lowest BCUT2D eigenvalue weighted by Crippen LogP contribution is -2.33. The van der Waals surface area contributed by atoms with Crippen LogP contribution < -0.4 is 4.74 Å². The molecule has 1 aromatic carbocycles. The predicted molar refractivity (Wildman–Crippen MR) is 58.9 cm³/mol. The first-order chi connectivity index (χ1) is 7.23. The number of hydrogen-bond acceptors (Lipinski definition) is 2. The van der Waals surface area contributed by atoms with Crippen molar-refractivity contribution in [2.45, 2.75) is 31.6 Å². The summed E-state index contributed by atoms with van der Waals surface area (Å²) in [7, 11) is 1.67. The number of nitrogens with zero attached hydrogens (tertiary/aromatic N) is 1. The number of methoxy groups -OCH3 is 1. The van der Waals surface area contributed by atoms with Gasteiger partial charge in [-0.15, -0.1) is 0 Å². The molecule has 0 aromatic heterocycles. The Labute approximate surface area is 90.5 Å². The molecular weight excluding hydrogens is 186 g/mol. The molecule has 15 heavy (non-hydrogen) atoms. The molecule has 1 aliphatic rings. The number of ether oxygens (including phenoxy) is 1. The van der Waals surface area contributed by atoms with E-state index in [0.29, 0.717) is 0 Å². The summed E-state index contributed by atoms with van der Waals surface area (Å²) in [4.78, 5) is 0. The molecule has 0 aliphatic heterocycles. The maximum absolute atomic E-state index is 9.29. The van der Waals surface area contributed by atoms with Gasteiger partial charge in [-0.1, -0.05) is 12.1 Å². The SMILES string of the molecule is COc1cccc(C2(C#N)CCC2)c1C. The van der Waals surface area contributed by atoms with Crippen molar-refractivity contribution >= 4 is 0 Å². The molecule has 1 aromatic rings. The first-order valence-corrected chi connectivity index (χ1v) is 5.29. The van der Waals surface area contributed by atoms with Crippen LogP contribution in [0.1, 0.15) is 30.4 Å². The highest BCUT2D eigenvalue weighted by molar-refractivity contribution is 5.47. The molecule has 0 bridgehead atoms. The van der Waals surface area contributed by atoms with Gasteiger partial charge in [0.2, 0.25) is 0 Å². The first kappa shape index (κ1) is 10.0. The largest absolute Gasteiger partial charge is 0.496 e. The Balaban J connectivity index is 2.49. The van der Waals surface area contributed by atoms with Crippen LogP contribution in [-0.2, 0) is 5.41 Å². The molecule has 0 unspecified atom stereocenters. The third kappa shape index (κ3) is 1.39. The highest BCUT2D eigenvalue weighted by Gasteiger charge is 2.40. The van der Waals surface area contributed by atoms with Crippen molar-refractivity contribution in [2.75, 3.05) is 7.11 Å². The van der Waals surface area contributed by atoms with Crippen molar-refractivity contribution < 1.29 is 4.74 Å². The summed E-state index contributed by atoms with van der Waals surface area (Å²) in [6, 6.07) is 8.44. The van der Waals surface area contributed by atoms with Crippen LogP contribution in [0.15, 0.2) is 18.2 Å². The minimum Gasteiger partial charge on any atom is -0.496 e. The fraction of sp³-hybridized carbons (Fsp3) is 0.462. The van der Waals surface area contributed by atoms with Crippen LogP contribution in [0, 0.1) is 18.3 Å². The maximum Gasteiger partial charge on any atom is 0.122 e. The smallest absolute Gasteiger partial charge is 0.122 e. The summed E-state index contributed by atoms with van der Waals surface area (Å²) in [5, 5.41) is 9.29. The molecule has 0 N–H and O–H groups in total. The van der Waals surface area contributed by atoms with Crippen molar-refractivity contribution in [3.05, 3.63) is 29.3 Å². The molecule has 1 aliphatic carbocycles. The van der Waals surface area contributed by atoms with Crippen molar-refractivity contribution in [3.63, 3.8) is 0 Å². The molecule has 0 amide bonds. The summed E-state index contributed by atoms with van der Waals surface area (Å²) in [5.74, 6) is 0.883. The molecule has 0 heterocycles. The van der Waals surface area contributed by atoms with E-state index in [1.54, 1.807) is 7.11 Å². The molecule has 1 saturated carbocycles. The number of hydrogen-bond donors (Lipinski definition) is 0. The van der Waals surface area contributed by atoms with Crippen LogP contribution in [-0.4, -0.2) is 7.11 Å². The van der Waals surface area contributed by atoms with Crippen molar-refractivity contribution in [3.8, 4) is 11.8 Å². The van der Waals surface area contributed by atoms with Crippen molar-refractivity contribution in [1.82, 2.24) is 0 Å². The second kappa shape index (κ2) is 3.58. The lowest BCUT2D eigenvalue weighted by Gasteiger charge is -2.37. The Kier molecular flexibility index (Phi) is 2.40. The van der Waals surface area contributed by atoms with Crippen LogP contribution >= 0.6 is 0 Å². The van der Waals surface area contributed by atoms with E-state index in [2.05, 4.69) is 12.1 Å². The number of rotatable bonds is 2. The summed E-state index contributed by atoms with van der Waals surface area (Å²) >= 11 is 0. The van der Waals surface area contributed by atoms with Gasteiger partial charge in [0.1, 0.15) is 5.75 Å². The molecule has 1 fully saturated rings. The Morgan fingerprint density at radius 2 is 2.13 bits per heavy atom. The van der Waals surface area contributed by atoms with E-state index in [1.807, 2.05) is 19.1 Å². The molecule has 2 heteroatoms. The van der Waals surface area contributed by atoms with E-state index in [-0.39, 0.29) is 5.41 Å². The highest BCUT2D eigenvalue weighted by Crippen LogP contribution is 2.45. The summed E-state index contributed by atoms with van der Waals surface area (Å²) < 4.78 is 5.28. The Hall–Kier alpha value is -1.49. The molecule has 0 spiro atoms. The van der Waals surface area contributed by atoms with Gasteiger partial charge in [-0.2, -0.15) is 5.26 Å². The lowest BCUT2D eigenvalue weighted by atomic mass is 9.64. The van der Waals surface area contributed by atoms with Gasteiger partial charge in [-0.25, -0.2) is 0 Å². The van der Waals surface area contributed by atoms with Crippen LogP contribution in [0.2, 0.25) is 0 Å². The standard InChI is InChI=1S/C13H15NO/c1-10-11(5-3-6-12(10)15-2)13(9-14)7-4-8-13/h3,5-6H,4,7-8H2,1-2H3. The zero-order chi connectivity index (χ0) is 10.9. The normalized spacial score (nSPS) is 17.7. The molecule has 0 radical (unpaired) electrons. The molecular formula is C13H15NO. The zero-order valence-corrected chi connectivity index (χ0v) is 9.21. The Morgan fingerprint density at radius 1 is 1.40 bits per heavy atom. The minimum atomic E-state index is -0.237. The van der Waals surface area contributed by atoms with Crippen molar-refractivity contribution in [1.29, 1.82) is 5.26 Å². The fourth-order valence-electron chi connectivity index (χ4n) is 2.33. The van der Waals surface area contributed by atoms with Crippen molar-refractivity contribution in [2.24, 2.45) is 0 Å². The number of benzene rings is 1. The zero-order valence-electron chi connectivity index (χ0n) is 9.21. The van der Waals surface area contributed by atoms with Gasteiger partial charge in [-0.3, -0.25) is 0 Å². The average Bonchev–Trinajstić information content (AvgIpc) is 2.20. The molecule has 0 saturated heterocycles. The third-order valence-corrected chi connectivity index (χ3v) is 3.44. The van der Waals surface area contributed by atoms with Gasteiger partial charge in [0.25, 0.3) is 0 Å². The predicted octanol–water partition coefficient (Wildman–Crippen LogP) is 2.95. The van der Waals surface area contributed by atoms with Gasteiger partial charge < -0.3 is 4.74 Å². The van der Waals surface area contributed by atoms with E-state index >= 15 is 0 Å². The van der Waals surface area contributed by atoms with Crippen LogP contribution in [0.25, 0.3) is 0 Å². The summed E-state index contributed by atoms with van der Waals surface area (Å²) in [5.41, 5.74) is 2.02. The van der Waals surface area contributed by atoms with Gasteiger partial charge in [0.05, 0.1) is 18.6 Å². The highest BCUT2D eigenvalue weighted by atomic mass is 16.5. The van der Waals surface area contributed by atoms with E-state index in [1.165, 1.54) is 0 Å². The average molecular weight is 201 g/mol. The van der Waals surface area contributed by atoms with Gasteiger partial charge in [-0.05, 0) is 43.4 Å². The van der Waals surface area contributed by atoms with Gasteiger partial charge in [0, 0.05) is 0 Å². The fourth-order valence-corrected chi connectivity index (χ4v) is 2.33. The lowest BCUT2D eigenvalue weighted by molar-refractivity contribution is 0.320. The second-order valence-electron chi connectivity index (χ2n) is 4.18. The van der Waals surface area contributed by atoms with E-state index < -0.39 is 0 Å².